The summed E-state index contributed by atoms with van der Waals surface area (Å²) in [6, 6.07) is 0.844. The first kappa shape index (κ1) is 14.2. The van der Waals surface area contributed by atoms with Crippen molar-refractivity contribution < 1.29 is 23.2 Å². The van der Waals surface area contributed by atoms with Crippen LogP contribution in [0.4, 0.5) is 14.6 Å². The van der Waals surface area contributed by atoms with Crippen molar-refractivity contribution >= 4 is 23.4 Å². The van der Waals surface area contributed by atoms with Crippen LogP contribution in [0.25, 0.3) is 0 Å². The average molecular weight is 281 g/mol. The van der Waals surface area contributed by atoms with E-state index in [2.05, 4.69) is 9.72 Å². The van der Waals surface area contributed by atoms with E-state index in [-0.39, 0.29) is 5.69 Å². The fraction of sp³-hybridized carbons (Fsp3) is 0.333. The van der Waals surface area contributed by atoms with Gasteiger partial charge < -0.3 is 14.9 Å². The third-order valence-corrected chi connectivity index (χ3v) is 2.37. The zero-order valence-electron chi connectivity index (χ0n) is 9.02. The second-order valence-corrected chi connectivity index (χ2v) is 3.53. The predicted molar refractivity (Wildman–Crippen MR) is 56.6 cm³/mol. The van der Waals surface area contributed by atoms with Gasteiger partial charge in [-0.3, -0.25) is 4.79 Å². The van der Waals surface area contributed by atoms with Crippen molar-refractivity contribution in [2.75, 3.05) is 7.11 Å². The average Bonchev–Trinajstić information content (AvgIpc) is 2.30. The van der Waals surface area contributed by atoms with Crippen LogP contribution < -0.4 is 0 Å². The Kier molecular flexibility index (Phi) is 4.49. The molecule has 1 rings (SSSR count). The summed E-state index contributed by atoms with van der Waals surface area (Å²) in [7, 11) is 1.10. The molecule has 1 aromatic heterocycles. The summed E-state index contributed by atoms with van der Waals surface area (Å²) >= 11 is 5.44. The van der Waals surface area contributed by atoms with E-state index in [0.717, 1.165) is 13.2 Å². The Hall–Kier alpha value is -1.83. The van der Waals surface area contributed by atoms with E-state index in [1.54, 1.807) is 0 Å². The third-order valence-electron chi connectivity index (χ3n) is 1.98. The van der Waals surface area contributed by atoms with Gasteiger partial charge in [0.2, 0.25) is 0 Å². The van der Waals surface area contributed by atoms with Crippen molar-refractivity contribution in [1.29, 1.82) is 0 Å². The quantitative estimate of drug-likeness (QED) is 0.480. The summed E-state index contributed by atoms with van der Waals surface area (Å²) in [5.74, 6) is -1.66. The summed E-state index contributed by atoms with van der Waals surface area (Å²) in [4.78, 5) is 24.0. The van der Waals surface area contributed by atoms with Crippen LogP contribution in [-0.4, -0.2) is 23.0 Å². The molecule has 0 saturated heterocycles. The number of esters is 1. The van der Waals surface area contributed by atoms with E-state index in [0.29, 0.717) is 0 Å². The number of halogens is 3. The lowest BCUT2D eigenvalue weighted by Crippen LogP contribution is -2.09. The van der Waals surface area contributed by atoms with Crippen molar-refractivity contribution in [3.05, 3.63) is 32.5 Å². The summed E-state index contributed by atoms with van der Waals surface area (Å²) in [6.07, 6.45) is -3.45. The molecule has 0 spiro atoms. The number of hydrogen-bond acceptors (Lipinski definition) is 5. The monoisotopic (exact) mass is 280 g/mol. The predicted octanol–water partition coefficient (Wildman–Crippen LogP) is 2.30. The minimum Gasteiger partial charge on any atom is -0.469 e. The van der Waals surface area contributed by atoms with Gasteiger partial charge in [-0.25, -0.2) is 8.78 Å². The van der Waals surface area contributed by atoms with E-state index >= 15 is 0 Å². The van der Waals surface area contributed by atoms with Gasteiger partial charge in [-0.15, -0.1) is 0 Å². The van der Waals surface area contributed by atoms with E-state index in [4.69, 9.17) is 11.6 Å². The molecule has 98 valence electrons. The molecule has 0 radical (unpaired) electrons. The molecule has 0 bridgehead atoms. The first-order chi connectivity index (χ1) is 8.36. The summed E-state index contributed by atoms with van der Waals surface area (Å²) in [6.45, 7) is 0. The molecule has 0 saturated carbocycles. The van der Waals surface area contributed by atoms with Gasteiger partial charge in [-0.2, -0.15) is 0 Å². The number of methoxy groups -OCH3 is 1. The maximum absolute atomic E-state index is 12.6. The lowest BCUT2D eigenvalue weighted by Gasteiger charge is -2.04. The lowest BCUT2D eigenvalue weighted by atomic mass is 10.2. The van der Waals surface area contributed by atoms with Crippen LogP contribution in [0.3, 0.4) is 0 Å². The Morgan fingerprint density at radius 3 is 2.72 bits per heavy atom. The number of carbonyl (C=O) groups is 1. The fourth-order valence-electron chi connectivity index (χ4n) is 1.18. The van der Waals surface area contributed by atoms with Crippen molar-refractivity contribution in [1.82, 2.24) is 4.98 Å². The molecule has 0 unspecified atom stereocenters. The molecule has 0 aromatic carbocycles. The maximum atomic E-state index is 12.6. The van der Waals surface area contributed by atoms with Crippen LogP contribution in [0, 0.1) is 10.1 Å². The highest BCUT2D eigenvalue weighted by atomic mass is 35.5. The first-order valence-electron chi connectivity index (χ1n) is 4.55. The maximum Gasteiger partial charge on any atom is 0.383 e. The van der Waals surface area contributed by atoms with Crippen LogP contribution in [0.1, 0.15) is 17.7 Å². The van der Waals surface area contributed by atoms with Gasteiger partial charge in [0, 0.05) is 5.56 Å². The minimum atomic E-state index is -3.00. The molecular weight excluding hydrogens is 274 g/mol. The summed E-state index contributed by atoms with van der Waals surface area (Å²) < 4.78 is 29.6. The number of nitrogens with zero attached hydrogens (tertiary/aromatic N) is 2. The smallest absolute Gasteiger partial charge is 0.383 e. The third kappa shape index (κ3) is 3.10. The van der Waals surface area contributed by atoms with E-state index in [9.17, 15) is 23.7 Å². The summed E-state index contributed by atoms with van der Waals surface area (Å²) in [5, 5.41) is 9.87. The van der Waals surface area contributed by atoms with Gasteiger partial charge in [0.25, 0.3) is 6.43 Å². The molecule has 1 heterocycles. The molecular formula is C9H7ClF2N2O4. The van der Waals surface area contributed by atoms with Crippen LogP contribution in [0.5, 0.6) is 0 Å². The Morgan fingerprint density at radius 1 is 1.67 bits per heavy atom. The minimum absolute atomic E-state index is 0.201. The highest BCUT2D eigenvalue weighted by Gasteiger charge is 2.26. The van der Waals surface area contributed by atoms with Gasteiger partial charge in [0.1, 0.15) is 11.4 Å². The number of aromatic nitrogens is 1. The number of pyridine rings is 1. The normalized spacial score (nSPS) is 10.5. The summed E-state index contributed by atoms with van der Waals surface area (Å²) in [5.41, 5.74) is -0.939. The van der Waals surface area contributed by atoms with Crippen molar-refractivity contribution in [3.63, 3.8) is 0 Å². The number of rotatable bonds is 4. The molecule has 0 N–H and O–H groups in total. The zero-order valence-corrected chi connectivity index (χ0v) is 9.78. The number of hydrogen-bond donors (Lipinski definition) is 0. The fourth-order valence-corrected chi connectivity index (χ4v) is 1.43. The van der Waals surface area contributed by atoms with Gasteiger partial charge in [0.15, 0.2) is 5.69 Å². The second kappa shape index (κ2) is 5.67. The molecule has 6 nitrogen and oxygen atoms in total. The molecule has 9 heteroatoms. The van der Waals surface area contributed by atoms with Crippen LogP contribution in [0.15, 0.2) is 6.07 Å². The number of ether oxygens (including phenoxy) is 1. The zero-order chi connectivity index (χ0) is 13.9. The van der Waals surface area contributed by atoms with Gasteiger partial charge >= 0.3 is 11.8 Å². The topological polar surface area (TPSA) is 82.3 Å². The second-order valence-electron chi connectivity index (χ2n) is 3.15. The molecule has 0 atom stereocenters. The van der Waals surface area contributed by atoms with Crippen molar-refractivity contribution in [2.45, 2.75) is 12.8 Å². The van der Waals surface area contributed by atoms with Crippen LogP contribution >= 0.6 is 11.6 Å². The van der Waals surface area contributed by atoms with Gasteiger partial charge in [0.05, 0.1) is 7.11 Å². The van der Waals surface area contributed by atoms with Crippen LogP contribution in [0.2, 0.25) is 5.02 Å². The molecule has 0 aliphatic heterocycles. The lowest BCUT2D eigenvalue weighted by molar-refractivity contribution is -0.389. The van der Waals surface area contributed by atoms with Gasteiger partial charge in [-0.1, -0.05) is 11.6 Å². The van der Waals surface area contributed by atoms with Crippen LogP contribution in [-0.2, 0) is 16.0 Å². The van der Waals surface area contributed by atoms with Crippen molar-refractivity contribution in [3.8, 4) is 0 Å². The van der Waals surface area contributed by atoms with E-state index in [1.165, 1.54) is 0 Å². The highest BCUT2D eigenvalue weighted by Crippen LogP contribution is 2.33. The standard InChI is InChI=1S/C9H7ClF2N2O4/c1-18-6(15)3-4-2-5(8(11)12)7(10)9(13-4)14(16)17/h2,8H,3H2,1H3. The molecule has 0 aliphatic carbocycles. The number of carbonyl (C=O) groups excluding carboxylic acids is 1. The molecule has 0 amide bonds. The molecule has 0 fully saturated rings. The van der Waals surface area contributed by atoms with E-state index in [1.807, 2.05) is 0 Å². The van der Waals surface area contributed by atoms with E-state index < -0.39 is 40.1 Å². The number of nitro groups is 1. The Morgan fingerprint density at radius 2 is 2.28 bits per heavy atom. The van der Waals surface area contributed by atoms with Crippen molar-refractivity contribution in [2.24, 2.45) is 0 Å². The SMILES string of the molecule is COC(=O)Cc1cc(C(F)F)c(Cl)c([N+](=O)[O-])n1. The largest absolute Gasteiger partial charge is 0.469 e. The first-order valence-corrected chi connectivity index (χ1v) is 4.93. The highest BCUT2D eigenvalue weighted by molar-refractivity contribution is 6.33. The number of alkyl halides is 2. The molecule has 0 aliphatic rings. The Balaban J connectivity index is 3.29. The molecule has 18 heavy (non-hydrogen) atoms. The van der Waals surface area contributed by atoms with Gasteiger partial charge in [-0.05, 0) is 16.0 Å². The molecule has 1 aromatic rings. The Bertz CT molecular complexity index is 496. The Labute approximate surface area is 105 Å².